The summed E-state index contributed by atoms with van der Waals surface area (Å²) in [5, 5.41) is 31.6. The van der Waals surface area contributed by atoms with Gasteiger partial charge in [0.05, 0.1) is 22.9 Å². The predicted molar refractivity (Wildman–Crippen MR) is 194 cm³/mol. The Morgan fingerprint density at radius 1 is 0.959 bits per heavy atom. The van der Waals surface area contributed by atoms with Gasteiger partial charge in [0.15, 0.2) is 9.84 Å². The Hall–Kier alpha value is -2.99. The Kier molecular flexibility index (Phi) is 13.0. The first-order valence-electron chi connectivity index (χ1n) is 17.7. The Labute approximate surface area is 293 Å². The van der Waals surface area contributed by atoms with Crippen LogP contribution in [0.2, 0.25) is 0 Å². The monoisotopic (exact) mass is 698 g/mol. The highest BCUT2D eigenvalue weighted by Crippen LogP contribution is 2.39. The van der Waals surface area contributed by atoms with Crippen molar-refractivity contribution in [3.8, 4) is 5.75 Å². The number of carbonyl (C=O) groups is 2. The number of rotatable bonds is 14. The molecule has 49 heavy (non-hydrogen) atoms. The van der Waals surface area contributed by atoms with Crippen molar-refractivity contribution in [3.05, 3.63) is 65.7 Å². The lowest BCUT2D eigenvalue weighted by Gasteiger charge is -2.47. The van der Waals surface area contributed by atoms with E-state index < -0.39 is 50.3 Å². The third-order valence-electron chi connectivity index (χ3n) is 10.5. The average Bonchev–Trinajstić information content (AvgIpc) is 3.02. The molecule has 2 aromatic carbocycles. The second-order valence-corrected chi connectivity index (χ2v) is 18.4. The molecular weight excluding hydrogens is 641 g/mol. The molecule has 11 heteroatoms. The van der Waals surface area contributed by atoms with E-state index in [1.807, 2.05) is 51.1 Å². The number of aryl methyl sites for hydroxylation is 1. The fraction of sp³-hybridized carbons (Fsp3) is 0.632. The molecule has 5 N–H and O–H groups in total. The van der Waals surface area contributed by atoms with Gasteiger partial charge in [-0.2, -0.15) is 0 Å². The highest BCUT2D eigenvalue weighted by Gasteiger charge is 2.45. The topological polar surface area (TPSA) is 148 Å². The first kappa shape index (κ1) is 38.8. The number of sulfone groups is 1. The van der Waals surface area contributed by atoms with Crippen LogP contribution in [0, 0.1) is 11.8 Å². The maximum atomic E-state index is 14.2. The van der Waals surface area contributed by atoms with Gasteiger partial charge in [0.2, 0.25) is 11.8 Å². The molecule has 2 aliphatic rings. The van der Waals surface area contributed by atoms with Crippen LogP contribution in [-0.2, 0) is 32.4 Å². The van der Waals surface area contributed by atoms with Crippen molar-refractivity contribution in [1.82, 2.24) is 20.9 Å². The van der Waals surface area contributed by atoms with Crippen LogP contribution < -0.4 is 16.0 Å². The van der Waals surface area contributed by atoms with Crippen LogP contribution in [0.25, 0.3) is 0 Å². The number of aromatic hydroxyl groups is 1. The van der Waals surface area contributed by atoms with Gasteiger partial charge in [-0.3, -0.25) is 14.5 Å². The van der Waals surface area contributed by atoms with E-state index in [1.54, 1.807) is 18.2 Å². The Balaban J connectivity index is 1.60. The fourth-order valence-corrected chi connectivity index (χ4v) is 7.95. The first-order valence-corrected chi connectivity index (χ1v) is 19.6. The number of hydrogen-bond donors (Lipinski definition) is 5. The number of para-hydroxylation sites is 1. The van der Waals surface area contributed by atoms with Crippen LogP contribution >= 0.6 is 0 Å². The molecular formula is C38H58N4O6S. The lowest BCUT2D eigenvalue weighted by Crippen LogP contribution is -2.63. The van der Waals surface area contributed by atoms with E-state index in [4.69, 9.17) is 0 Å². The molecule has 6 atom stereocenters. The number of phenols is 1. The lowest BCUT2D eigenvalue weighted by atomic mass is 9.72. The maximum absolute atomic E-state index is 14.2. The fourth-order valence-electron chi connectivity index (χ4n) is 7.33. The number of nitrogens with zero attached hydrogens (tertiary/aromatic N) is 1. The molecule has 0 radical (unpaired) electrons. The number of aliphatic hydroxyl groups excluding tert-OH is 1. The molecule has 10 nitrogen and oxygen atoms in total. The highest BCUT2D eigenvalue weighted by molar-refractivity contribution is 7.92. The van der Waals surface area contributed by atoms with Gasteiger partial charge in [0.1, 0.15) is 11.8 Å². The number of carbonyl (C=O) groups excluding carboxylic acids is 2. The van der Waals surface area contributed by atoms with Crippen LogP contribution in [0.5, 0.6) is 5.75 Å². The zero-order valence-corrected chi connectivity index (χ0v) is 30.9. The van der Waals surface area contributed by atoms with Gasteiger partial charge in [0, 0.05) is 37.0 Å². The highest BCUT2D eigenvalue weighted by atomic mass is 32.2. The second-order valence-electron chi connectivity index (χ2n) is 15.8. The van der Waals surface area contributed by atoms with Gasteiger partial charge < -0.3 is 26.2 Å². The first-order chi connectivity index (χ1) is 23.0. The summed E-state index contributed by atoms with van der Waals surface area (Å²) in [7, 11) is -3.74. The van der Waals surface area contributed by atoms with Gasteiger partial charge >= 0.3 is 0 Å². The third-order valence-corrected chi connectivity index (χ3v) is 12.7. The van der Waals surface area contributed by atoms with Crippen LogP contribution in [0.4, 0.5) is 0 Å². The summed E-state index contributed by atoms with van der Waals surface area (Å²) < 4.78 is 24.5. The van der Waals surface area contributed by atoms with Crippen molar-refractivity contribution in [2.75, 3.05) is 19.3 Å². The van der Waals surface area contributed by atoms with Crippen LogP contribution in [0.15, 0.2) is 54.6 Å². The molecule has 0 aromatic heterocycles. The van der Waals surface area contributed by atoms with Crippen molar-refractivity contribution < 1.29 is 28.2 Å². The minimum absolute atomic E-state index is 0.0364. The molecule has 272 valence electrons. The van der Waals surface area contributed by atoms with Gasteiger partial charge in [-0.05, 0) is 83.8 Å². The molecule has 2 aromatic rings. The Morgan fingerprint density at radius 2 is 1.59 bits per heavy atom. The normalized spacial score (nSPS) is 22.4. The quantitative estimate of drug-likeness (QED) is 0.199. The summed E-state index contributed by atoms with van der Waals surface area (Å²) in [5.41, 5.74) is 1.17. The van der Waals surface area contributed by atoms with Crippen molar-refractivity contribution in [2.24, 2.45) is 11.8 Å². The molecule has 0 unspecified atom stereocenters. The van der Waals surface area contributed by atoms with Crippen molar-refractivity contribution in [2.45, 2.75) is 121 Å². The van der Waals surface area contributed by atoms with E-state index in [9.17, 15) is 28.2 Å². The summed E-state index contributed by atoms with van der Waals surface area (Å²) in [6, 6.07) is 14.2. The van der Waals surface area contributed by atoms with E-state index >= 15 is 0 Å². The number of amides is 2. The van der Waals surface area contributed by atoms with Gasteiger partial charge in [-0.25, -0.2) is 8.42 Å². The van der Waals surface area contributed by atoms with E-state index in [2.05, 4.69) is 20.9 Å². The van der Waals surface area contributed by atoms with E-state index in [0.29, 0.717) is 36.8 Å². The average molecular weight is 699 g/mol. The van der Waals surface area contributed by atoms with Crippen molar-refractivity contribution in [1.29, 1.82) is 0 Å². The van der Waals surface area contributed by atoms with Crippen molar-refractivity contribution >= 4 is 21.7 Å². The number of hydrogen-bond acceptors (Lipinski definition) is 8. The molecule has 2 amide bonds. The Morgan fingerprint density at radius 3 is 2.22 bits per heavy atom. The van der Waals surface area contributed by atoms with E-state index in [0.717, 1.165) is 37.5 Å². The van der Waals surface area contributed by atoms with Crippen molar-refractivity contribution in [3.63, 3.8) is 0 Å². The summed E-state index contributed by atoms with van der Waals surface area (Å²) in [6.45, 7) is 9.86. The zero-order chi connectivity index (χ0) is 36.0. The molecule has 1 saturated carbocycles. The van der Waals surface area contributed by atoms with Gasteiger partial charge in [-0.15, -0.1) is 0 Å². The van der Waals surface area contributed by atoms with Crippen LogP contribution in [0.1, 0.15) is 84.3 Å². The number of phenolic OH excluding ortho intramolecular Hbond substituents is 1. The molecule has 0 spiro atoms. The maximum Gasteiger partial charge on any atom is 0.239 e. The molecule has 1 saturated heterocycles. The predicted octanol–water partition coefficient (Wildman–Crippen LogP) is 3.95. The molecule has 1 aliphatic heterocycles. The second kappa shape index (κ2) is 16.4. The number of likely N-dealkylation sites (tertiary alicyclic amines) is 1. The van der Waals surface area contributed by atoms with Gasteiger partial charge in [-0.1, -0.05) is 67.8 Å². The Bertz CT molecular complexity index is 1510. The minimum atomic E-state index is -3.74. The molecule has 2 fully saturated rings. The zero-order valence-electron chi connectivity index (χ0n) is 30.1. The van der Waals surface area contributed by atoms with Crippen LogP contribution in [0.3, 0.4) is 0 Å². The number of piperidine rings is 1. The summed E-state index contributed by atoms with van der Waals surface area (Å²) in [6.07, 6.45) is 6.35. The summed E-state index contributed by atoms with van der Waals surface area (Å²) in [4.78, 5) is 30.0. The van der Waals surface area contributed by atoms with E-state index in [-0.39, 0.29) is 24.7 Å². The number of benzene rings is 2. The smallest absolute Gasteiger partial charge is 0.239 e. The molecule has 1 aliphatic carbocycles. The van der Waals surface area contributed by atoms with Gasteiger partial charge in [0.25, 0.3) is 0 Å². The van der Waals surface area contributed by atoms with E-state index in [1.165, 1.54) is 26.3 Å². The minimum Gasteiger partial charge on any atom is -0.508 e. The molecule has 1 heterocycles. The summed E-state index contributed by atoms with van der Waals surface area (Å²) >= 11 is 0. The number of aliphatic hydroxyl groups is 1. The lowest BCUT2D eigenvalue weighted by molar-refractivity contribution is -0.133. The number of β-amino-alcohol motifs (C(OH)–C–C–N with tert-alkyl or cyclic N) is 1. The number of fused-ring (bicyclic) bond motifs is 1. The molecule has 4 rings (SSSR count). The van der Waals surface area contributed by atoms with Crippen LogP contribution in [-0.4, -0.2) is 89.2 Å². The SMILES string of the molecule is CC(C)(C)NC(=O)[C@@H]1C[C@@H]2CCCC[C@@H]2CN1C[C@@H](O)[C@H](CCc1ccccc1)NC(=O)[C@@H](NCc1ccccc1O)C(C)(C)S(C)(=O)=O. The number of nitrogens with one attached hydrogen (secondary N) is 3. The standard InChI is InChI=1S/C38H58N4O6S/c1-37(2,3)41-35(45)31-22-27-16-10-11-18-29(27)24-42(31)25-33(44)30(21-20-26-14-8-7-9-15-26)40-36(46)34(38(4,5)49(6,47)48)39-23-28-17-12-13-19-32(28)43/h7-9,12-15,17,19,27,29-31,33-34,39,43-44H,10-11,16,18,20-25H2,1-6H3,(H,40,46)(H,41,45)/t27-,29+,30-,31-,33+,34+/m0/s1. The summed E-state index contributed by atoms with van der Waals surface area (Å²) in [5.74, 6) is 0.359. The largest absolute Gasteiger partial charge is 0.508 e. The molecule has 0 bridgehead atoms. The third kappa shape index (κ3) is 10.5.